The number of amides is 4. The van der Waals surface area contributed by atoms with E-state index in [9.17, 15) is 19.2 Å². The van der Waals surface area contributed by atoms with Gasteiger partial charge in [0.05, 0.1) is 5.69 Å². The zero-order valence-electron chi connectivity index (χ0n) is 15.2. The van der Waals surface area contributed by atoms with Crippen LogP contribution >= 0.6 is 0 Å². The van der Waals surface area contributed by atoms with Crippen LogP contribution in [0.25, 0.3) is 0 Å². The molecule has 28 heavy (non-hydrogen) atoms. The SMILES string of the molecule is CC(=O)Nc1cc(NC(C)=O)cc(C(=O)Nc2ccc3c(c2)NC(=O)CO3)c1. The molecule has 0 saturated heterocycles. The third-order valence-corrected chi connectivity index (χ3v) is 3.71. The van der Waals surface area contributed by atoms with Crippen molar-refractivity contribution in [1.29, 1.82) is 0 Å². The van der Waals surface area contributed by atoms with Crippen molar-refractivity contribution in [2.75, 3.05) is 27.9 Å². The van der Waals surface area contributed by atoms with Gasteiger partial charge in [-0.3, -0.25) is 19.2 Å². The van der Waals surface area contributed by atoms with Gasteiger partial charge in [0.2, 0.25) is 11.8 Å². The highest BCUT2D eigenvalue weighted by Gasteiger charge is 2.17. The molecule has 0 fully saturated rings. The van der Waals surface area contributed by atoms with Crippen LogP contribution in [0.5, 0.6) is 5.75 Å². The summed E-state index contributed by atoms with van der Waals surface area (Å²) in [4.78, 5) is 46.8. The van der Waals surface area contributed by atoms with E-state index in [1.165, 1.54) is 26.0 Å². The highest BCUT2D eigenvalue weighted by atomic mass is 16.5. The average molecular weight is 382 g/mol. The smallest absolute Gasteiger partial charge is 0.262 e. The third-order valence-electron chi connectivity index (χ3n) is 3.71. The minimum absolute atomic E-state index is 0.0550. The summed E-state index contributed by atoms with van der Waals surface area (Å²) in [5.41, 5.74) is 1.87. The van der Waals surface area contributed by atoms with Crippen LogP contribution in [0.1, 0.15) is 24.2 Å². The quantitative estimate of drug-likeness (QED) is 0.645. The van der Waals surface area contributed by atoms with Crippen molar-refractivity contribution in [2.45, 2.75) is 13.8 Å². The number of rotatable bonds is 4. The Hall–Kier alpha value is -3.88. The molecule has 1 aliphatic rings. The van der Waals surface area contributed by atoms with Gasteiger partial charge in [-0.05, 0) is 36.4 Å². The van der Waals surface area contributed by atoms with Crippen LogP contribution < -0.4 is 26.0 Å². The molecule has 0 spiro atoms. The molecular weight excluding hydrogens is 364 g/mol. The first-order valence-corrected chi connectivity index (χ1v) is 8.38. The van der Waals surface area contributed by atoms with Crippen molar-refractivity contribution in [3.05, 3.63) is 42.0 Å². The van der Waals surface area contributed by atoms with Crippen LogP contribution in [0.2, 0.25) is 0 Å². The van der Waals surface area contributed by atoms with E-state index >= 15 is 0 Å². The predicted molar refractivity (Wildman–Crippen MR) is 104 cm³/mol. The number of nitrogens with one attached hydrogen (secondary N) is 4. The van der Waals surface area contributed by atoms with Crippen LogP contribution in [0.15, 0.2) is 36.4 Å². The number of fused-ring (bicyclic) bond motifs is 1. The van der Waals surface area contributed by atoms with Gasteiger partial charge in [0.1, 0.15) is 5.75 Å². The summed E-state index contributed by atoms with van der Waals surface area (Å²) in [7, 11) is 0. The topological polar surface area (TPSA) is 126 Å². The minimum atomic E-state index is -0.457. The molecule has 0 aromatic heterocycles. The lowest BCUT2D eigenvalue weighted by Gasteiger charge is -2.18. The fourth-order valence-corrected chi connectivity index (χ4v) is 2.67. The standard InChI is InChI=1S/C19H18N4O5/c1-10(24)20-14-5-12(6-15(7-14)21-11(2)25)19(27)22-13-3-4-17-16(8-13)23-18(26)9-28-17/h3-8H,9H2,1-2H3,(H,20,24)(H,21,25)(H,22,27)(H,23,26). The summed E-state index contributed by atoms with van der Waals surface area (Å²) in [5.74, 6) is -0.840. The van der Waals surface area contributed by atoms with E-state index in [1.807, 2.05) is 0 Å². The van der Waals surface area contributed by atoms with Crippen molar-refractivity contribution in [3.8, 4) is 5.75 Å². The van der Waals surface area contributed by atoms with Gasteiger partial charge in [-0.15, -0.1) is 0 Å². The van der Waals surface area contributed by atoms with Crippen molar-refractivity contribution < 1.29 is 23.9 Å². The van der Waals surface area contributed by atoms with Gasteiger partial charge in [0, 0.05) is 36.5 Å². The summed E-state index contributed by atoms with van der Waals surface area (Å²) in [6.45, 7) is 2.63. The fourth-order valence-electron chi connectivity index (χ4n) is 2.67. The number of benzene rings is 2. The second-order valence-electron chi connectivity index (χ2n) is 6.16. The Morgan fingerprint density at radius 1 is 0.893 bits per heavy atom. The van der Waals surface area contributed by atoms with E-state index < -0.39 is 5.91 Å². The lowest BCUT2D eigenvalue weighted by atomic mass is 10.1. The molecule has 0 aliphatic carbocycles. The molecular formula is C19H18N4O5. The van der Waals surface area contributed by atoms with Gasteiger partial charge in [-0.2, -0.15) is 0 Å². The maximum Gasteiger partial charge on any atom is 0.262 e. The largest absolute Gasteiger partial charge is 0.482 e. The van der Waals surface area contributed by atoms with Crippen molar-refractivity contribution in [2.24, 2.45) is 0 Å². The first-order chi connectivity index (χ1) is 13.3. The molecule has 0 bridgehead atoms. The lowest BCUT2D eigenvalue weighted by Crippen LogP contribution is -2.25. The number of hydrogen-bond donors (Lipinski definition) is 4. The number of hydrogen-bond acceptors (Lipinski definition) is 5. The van der Waals surface area contributed by atoms with Gasteiger partial charge >= 0.3 is 0 Å². The number of ether oxygens (including phenoxy) is 1. The molecule has 9 nitrogen and oxygen atoms in total. The van der Waals surface area contributed by atoms with Gasteiger partial charge in [-0.1, -0.05) is 0 Å². The van der Waals surface area contributed by atoms with E-state index in [1.54, 1.807) is 24.3 Å². The highest BCUT2D eigenvalue weighted by molar-refractivity contribution is 6.07. The van der Waals surface area contributed by atoms with Crippen LogP contribution in [0.3, 0.4) is 0 Å². The average Bonchev–Trinajstić information content (AvgIpc) is 2.60. The molecule has 0 atom stereocenters. The Bertz CT molecular complexity index is 952. The van der Waals surface area contributed by atoms with E-state index in [0.717, 1.165) is 0 Å². The maximum absolute atomic E-state index is 12.7. The Morgan fingerprint density at radius 2 is 1.54 bits per heavy atom. The van der Waals surface area contributed by atoms with Crippen LogP contribution in [0.4, 0.5) is 22.7 Å². The summed E-state index contributed by atoms with van der Waals surface area (Å²) in [6, 6.07) is 9.39. The molecule has 4 amide bonds. The minimum Gasteiger partial charge on any atom is -0.482 e. The third kappa shape index (κ3) is 4.64. The van der Waals surface area contributed by atoms with E-state index in [0.29, 0.717) is 28.5 Å². The molecule has 0 unspecified atom stereocenters. The van der Waals surface area contributed by atoms with Crippen molar-refractivity contribution >= 4 is 46.4 Å². The Kier molecular flexibility index (Phi) is 5.25. The fraction of sp³-hybridized carbons (Fsp3) is 0.158. The van der Waals surface area contributed by atoms with Gasteiger partial charge < -0.3 is 26.0 Å². The normalized spacial score (nSPS) is 12.1. The Morgan fingerprint density at radius 3 is 2.14 bits per heavy atom. The summed E-state index contributed by atoms with van der Waals surface area (Å²) < 4.78 is 5.28. The molecule has 1 aliphatic heterocycles. The monoisotopic (exact) mass is 382 g/mol. The lowest BCUT2D eigenvalue weighted by molar-refractivity contribution is -0.118. The highest BCUT2D eigenvalue weighted by Crippen LogP contribution is 2.30. The predicted octanol–water partition coefficient (Wildman–Crippen LogP) is 2.19. The number of anilines is 4. The first kappa shape index (κ1) is 18.9. The van der Waals surface area contributed by atoms with Crippen LogP contribution in [-0.4, -0.2) is 30.2 Å². The molecule has 1 heterocycles. The molecule has 144 valence electrons. The Labute approximate surface area is 160 Å². The Balaban J connectivity index is 1.85. The zero-order valence-corrected chi connectivity index (χ0v) is 15.2. The number of carbonyl (C=O) groups is 4. The van der Waals surface area contributed by atoms with Crippen molar-refractivity contribution in [1.82, 2.24) is 0 Å². The summed E-state index contributed by atoms with van der Waals surface area (Å²) >= 11 is 0. The van der Waals surface area contributed by atoms with E-state index in [4.69, 9.17) is 4.74 Å². The zero-order chi connectivity index (χ0) is 20.3. The molecule has 9 heteroatoms. The van der Waals surface area contributed by atoms with Gasteiger partial charge in [0.15, 0.2) is 6.61 Å². The van der Waals surface area contributed by atoms with E-state index in [2.05, 4.69) is 21.3 Å². The molecule has 2 aromatic rings. The van der Waals surface area contributed by atoms with Crippen LogP contribution in [-0.2, 0) is 14.4 Å². The maximum atomic E-state index is 12.7. The van der Waals surface area contributed by atoms with Crippen LogP contribution in [0, 0.1) is 0 Å². The van der Waals surface area contributed by atoms with Crippen molar-refractivity contribution in [3.63, 3.8) is 0 Å². The summed E-state index contributed by atoms with van der Waals surface area (Å²) in [5, 5.41) is 10.6. The number of carbonyl (C=O) groups excluding carboxylic acids is 4. The second kappa shape index (κ2) is 7.78. The first-order valence-electron chi connectivity index (χ1n) is 8.38. The second-order valence-corrected chi connectivity index (χ2v) is 6.16. The summed E-state index contributed by atoms with van der Waals surface area (Å²) in [6.07, 6.45) is 0. The van der Waals surface area contributed by atoms with E-state index in [-0.39, 0.29) is 29.9 Å². The molecule has 0 radical (unpaired) electrons. The molecule has 3 rings (SSSR count). The molecule has 0 saturated carbocycles. The molecule has 4 N–H and O–H groups in total. The van der Waals surface area contributed by atoms with Gasteiger partial charge in [0.25, 0.3) is 11.8 Å². The van der Waals surface area contributed by atoms with Gasteiger partial charge in [-0.25, -0.2) is 0 Å². The molecule has 2 aromatic carbocycles.